The highest BCUT2D eigenvalue weighted by Gasteiger charge is 2.36. The number of hydrogen-bond donors (Lipinski definition) is 2. The lowest BCUT2D eigenvalue weighted by molar-refractivity contribution is -0.112. The second kappa shape index (κ2) is 11.8. The van der Waals surface area contributed by atoms with E-state index in [1.54, 1.807) is 24.3 Å². The minimum Gasteiger partial charge on any atom is -0.465 e. The minimum absolute atomic E-state index is 0.0272. The summed E-state index contributed by atoms with van der Waals surface area (Å²) < 4.78 is 20.9. The summed E-state index contributed by atoms with van der Waals surface area (Å²) in [6.07, 6.45) is 1.31. The maximum absolute atomic E-state index is 14.3. The number of anilines is 1. The zero-order chi connectivity index (χ0) is 28.9. The van der Waals surface area contributed by atoms with E-state index in [-0.39, 0.29) is 18.9 Å². The molecule has 4 aromatic rings. The molecule has 41 heavy (non-hydrogen) atoms. The fourth-order valence-electron chi connectivity index (χ4n) is 4.55. The smallest absolute Gasteiger partial charge is 0.337 e. The van der Waals surface area contributed by atoms with Crippen LogP contribution in [0.4, 0.5) is 10.1 Å². The third kappa shape index (κ3) is 5.70. The van der Waals surface area contributed by atoms with Crippen LogP contribution >= 0.6 is 0 Å². The van der Waals surface area contributed by atoms with Crippen molar-refractivity contribution in [2.24, 2.45) is 21.9 Å². The van der Waals surface area contributed by atoms with Gasteiger partial charge in [-0.15, -0.1) is 0 Å². The van der Waals surface area contributed by atoms with Gasteiger partial charge in [0, 0.05) is 12.1 Å². The van der Waals surface area contributed by atoms with Crippen LogP contribution in [-0.4, -0.2) is 52.1 Å². The number of fused-ring (bicyclic) bond motifs is 2. The number of carbonyl (C=O) groups excluding carboxylic acids is 2. The quantitative estimate of drug-likeness (QED) is 0.0990. The van der Waals surface area contributed by atoms with Crippen molar-refractivity contribution in [1.29, 1.82) is 0 Å². The molecule has 1 aliphatic rings. The van der Waals surface area contributed by atoms with Crippen LogP contribution in [-0.2, 0) is 34.1 Å². The van der Waals surface area contributed by atoms with Gasteiger partial charge in [0.1, 0.15) is 24.6 Å². The molecule has 13 heteroatoms. The number of aromatic nitrogens is 2. The Balaban J connectivity index is 1.40. The highest BCUT2D eigenvalue weighted by Crippen LogP contribution is 2.32. The van der Waals surface area contributed by atoms with Gasteiger partial charge in [0.25, 0.3) is 5.91 Å². The fraction of sp³-hybridized carbons (Fsp3) is 0.179. The van der Waals surface area contributed by atoms with Gasteiger partial charge in [-0.1, -0.05) is 29.4 Å². The van der Waals surface area contributed by atoms with Crippen LogP contribution in [0.25, 0.3) is 11.0 Å². The molecule has 210 valence electrons. The Morgan fingerprint density at radius 1 is 1.15 bits per heavy atom. The van der Waals surface area contributed by atoms with Gasteiger partial charge < -0.3 is 20.0 Å². The number of nitrogens with zero attached hydrogens (tertiary/aromatic N) is 6. The summed E-state index contributed by atoms with van der Waals surface area (Å²) in [4.78, 5) is 37.0. The number of para-hydroxylation sites is 2. The summed E-state index contributed by atoms with van der Waals surface area (Å²) in [6, 6.07) is 18.2. The summed E-state index contributed by atoms with van der Waals surface area (Å²) >= 11 is 0. The van der Waals surface area contributed by atoms with Crippen LogP contribution in [0, 0.1) is 5.82 Å². The highest BCUT2D eigenvalue weighted by atomic mass is 19.1. The topological polar surface area (TPSA) is 154 Å². The Labute approximate surface area is 234 Å². The first kappa shape index (κ1) is 27.3. The van der Waals surface area contributed by atoms with E-state index in [2.05, 4.69) is 10.3 Å². The molecule has 12 nitrogen and oxygen atoms in total. The van der Waals surface area contributed by atoms with Crippen LogP contribution in [0.3, 0.4) is 0 Å². The molecular weight excluding hydrogens is 531 g/mol. The van der Waals surface area contributed by atoms with Crippen LogP contribution in [0.15, 0.2) is 77.0 Å². The maximum Gasteiger partial charge on any atom is 0.337 e. The zero-order valence-electron chi connectivity index (χ0n) is 22.1. The third-order valence-electron chi connectivity index (χ3n) is 6.54. The zero-order valence-corrected chi connectivity index (χ0v) is 22.1. The number of carbonyl (C=O) groups is 2. The van der Waals surface area contributed by atoms with Crippen molar-refractivity contribution in [1.82, 2.24) is 14.6 Å². The molecule has 0 bridgehead atoms. The lowest BCUT2D eigenvalue weighted by atomic mass is 10.1. The predicted octanol–water partition coefficient (Wildman–Crippen LogP) is 2.51. The molecule has 1 amide bonds. The number of halogens is 1. The van der Waals surface area contributed by atoms with E-state index in [1.807, 2.05) is 28.8 Å². The van der Waals surface area contributed by atoms with E-state index < -0.39 is 17.7 Å². The van der Waals surface area contributed by atoms with E-state index >= 15 is 0 Å². The Bertz CT molecular complexity index is 1650. The number of benzene rings is 3. The Morgan fingerprint density at radius 3 is 2.68 bits per heavy atom. The molecule has 5 rings (SSSR count). The summed E-state index contributed by atoms with van der Waals surface area (Å²) in [5.74, 6) is 10.3. The number of amides is 1. The number of oxime groups is 1. The first-order valence-corrected chi connectivity index (χ1v) is 12.6. The average Bonchev–Trinajstić information content (AvgIpc) is 3.45. The maximum atomic E-state index is 14.3. The molecule has 0 saturated heterocycles. The highest BCUT2D eigenvalue weighted by molar-refractivity contribution is 6.54. The average molecular weight is 559 g/mol. The number of imidazole rings is 1. The van der Waals surface area contributed by atoms with Crippen molar-refractivity contribution in [3.8, 4) is 0 Å². The largest absolute Gasteiger partial charge is 0.465 e. The van der Waals surface area contributed by atoms with Gasteiger partial charge in [-0.05, 0) is 48.0 Å². The molecule has 1 aliphatic heterocycles. The molecule has 0 radical (unpaired) electrons. The van der Waals surface area contributed by atoms with Crippen molar-refractivity contribution in [2.75, 3.05) is 18.6 Å². The van der Waals surface area contributed by atoms with E-state index in [1.165, 1.54) is 41.6 Å². The second-order valence-corrected chi connectivity index (χ2v) is 9.13. The van der Waals surface area contributed by atoms with Gasteiger partial charge >= 0.3 is 5.97 Å². The number of ether oxygens (including phenoxy) is 1. The number of hydrazone groups is 1. The monoisotopic (exact) mass is 558 g/mol. The molecule has 0 saturated carbocycles. The SMILES string of the molecule is COC(=O)c1ccc(CO/N=C2/C(=O)N(Cc3nc4ccccc4n3CCN(N)/C=N\N)c3ccc(F)cc32)cc1. The number of esters is 1. The Kier molecular flexibility index (Phi) is 7.87. The van der Waals surface area contributed by atoms with Crippen molar-refractivity contribution in [3.05, 3.63) is 95.1 Å². The number of hydrazine groups is 1. The third-order valence-corrected chi connectivity index (χ3v) is 6.54. The van der Waals surface area contributed by atoms with E-state index in [9.17, 15) is 14.0 Å². The number of methoxy groups -OCH3 is 1. The minimum atomic E-state index is -0.513. The molecule has 0 atom stereocenters. The van der Waals surface area contributed by atoms with Crippen LogP contribution < -0.4 is 16.6 Å². The van der Waals surface area contributed by atoms with Crippen molar-refractivity contribution in [3.63, 3.8) is 0 Å². The first-order chi connectivity index (χ1) is 19.9. The lowest BCUT2D eigenvalue weighted by Crippen LogP contribution is -2.34. The summed E-state index contributed by atoms with van der Waals surface area (Å²) in [6.45, 7) is 0.941. The number of rotatable bonds is 10. The normalized spacial score (nSPS) is 13.8. The Hall–Kier alpha value is -5.30. The molecule has 3 aromatic carbocycles. The molecule has 4 N–H and O–H groups in total. The van der Waals surface area contributed by atoms with Crippen molar-refractivity contribution >= 4 is 40.6 Å². The van der Waals surface area contributed by atoms with Gasteiger partial charge in [0.2, 0.25) is 0 Å². The van der Waals surface area contributed by atoms with Gasteiger partial charge in [-0.2, -0.15) is 5.10 Å². The van der Waals surface area contributed by atoms with Gasteiger partial charge in [0.15, 0.2) is 5.71 Å². The predicted molar refractivity (Wildman–Crippen MR) is 150 cm³/mol. The number of hydrogen-bond acceptors (Lipinski definition) is 9. The molecule has 0 fully saturated rings. The van der Waals surface area contributed by atoms with Crippen molar-refractivity contribution in [2.45, 2.75) is 19.7 Å². The molecule has 0 unspecified atom stereocenters. The van der Waals surface area contributed by atoms with Gasteiger partial charge in [0.05, 0.1) is 42.5 Å². The fourth-order valence-corrected chi connectivity index (χ4v) is 4.55. The summed E-state index contributed by atoms with van der Waals surface area (Å²) in [5.41, 5.74) is 3.49. The lowest BCUT2D eigenvalue weighted by Gasteiger charge is -2.19. The summed E-state index contributed by atoms with van der Waals surface area (Å²) in [5, 5.41) is 8.87. The van der Waals surface area contributed by atoms with Crippen LogP contribution in [0.2, 0.25) is 0 Å². The molecular formula is C28H27FN8O4. The van der Waals surface area contributed by atoms with Gasteiger partial charge in [-0.3, -0.25) is 14.7 Å². The van der Waals surface area contributed by atoms with E-state index in [0.29, 0.717) is 41.3 Å². The van der Waals surface area contributed by atoms with Gasteiger partial charge in [-0.25, -0.2) is 20.0 Å². The number of nitrogens with two attached hydrogens (primary N) is 2. The van der Waals surface area contributed by atoms with Crippen LogP contribution in [0.1, 0.15) is 27.3 Å². The van der Waals surface area contributed by atoms with E-state index in [0.717, 1.165) is 11.0 Å². The molecule has 0 spiro atoms. The second-order valence-electron chi connectivity index (χ2n) is 9.13. The molecule has 2 heterocycles. The first-order valence-electron chi connectivity index (χ1n) is 12.6. The van der Waals surface area contributed by atoms with Crippen LogP contribution in [0.5, 0.6) is 0 Å². The standard InChI is InChI=1S/C28H27FN8O4/c1-40-28(39)19-8-6-18(7-9-19)16-41-34-26-21-14-20(29)10-11-23(21)37(27(26)38)15-25-33-22-4-2-3-5-24(22)36(25)13-12-35(31)17-32-30/h2-11,14,17H,12-13,15-16,30-31H2,1H3/b32-17-,34-26+. The summed E-state index contributed by atoms with van der Waals surface area (Å²) in [7, 11) is 1.31. The molecule has 0 aliphatic carbocycles. The van der Waals surface area contributed by atoms with E-state index in [4.69, 9.17) is 26.2 Å². The molecule has 1 aromatic heterocycles. The van der Waals surface area contributed by atoms with Crippen molar-refractivity contribution < 1.29 is 23.6 Å². The Morgan fingerprint density at radius 2 is 1.93 bits per heavy atom.